The van der Waals surface area contributed by atoms with E-state index in [1.54, 1.807) is 68.3 Å². The minimum atomic E-state index is -0.262. The maximum Gasteiger partial charge on any atom is 0.263 e. The van der Waals surface area contributed by atoms with E-state index in [1.807, 2.05) is 18.2 Å². The fourth-order valence-electron chi connectivity index (χ4n) is 3.11. The van der Waals surface area contributed by atoms with Crippen LogP contribution >= 0.6 is 0 Å². The van der Waals surface area contributed by atoms with Crippen LogP contribution in [0.5, 0.6) is 5.75 Å². The quantitative estimate of drug-likeness (QED) is 0.537. The molecule has 0 bridgehead atoms. The minimum absolute atomic E-state index is 0.262. The monoisotopic (exact) mass is 380 g/mol. The zero-order chi connectivity index (χ0) is 20.2. The van der Waals surface area contributed by atoms with Crippen molar-refractivity contribution in [2.75, 3.05) is 7.11 Å². The Morgan fingerprint density at radius 3 is 2.62 bits per heavy atom. The molecule has 3 heterocycles. The number of hydrogen-bond donors (Lipinski definition) is 0. The number of nitrogens with zero attached hydrogens (tertiary/aromatic N) is 4. The first-order valence-electron chi connectivity index (χ1n) is 8.88. The van der Waals surface area contributed by atoms with Gasteiger partial charge in [0.2, 0.25) is 0 Å². The molecule has 0 atom stereocenters. The summed E-state index contributed by atoms with van der Waals surface area (Å²) in [6, 6.07) is 18.3. The number of hydrogen-bond acceptors (Lipinski definition) is 5. The van der Waals surface area contributed by atoms with Crippen molar-refractivity contribution >= 4 is 0 Å². The topological polar surface area (TPSA) is 80.8 Å². The zero-order valence-electron chi connectivity index (χ0n) is 15.6. The average molecular weight is 380 g/mol. The zero-order valence-corrected chi connectivity index (χ0v) is 15.6. The number of ether oxygens (including phenoxy) is 1. The Morgan fingerprint density at radius 2 is 1.86 bits per heavy atom. The van der Waals surface area contributed by atoms with Crippen molar-refractivity contribution in [3.63, 3.8) is 0 Å². The summed E-state index contributed by atoms with van der Waals surface area (Å²) in [5.41, 5.74) is 3.17. The Balaban J connectivity index is 2.03. The lowest BCUT2D eigenvalue weighted by molar-refractivity contribution is 0.412. The van der Waals surface area contributed by atoms with E-state index in [9.17, 15) is 10.1 Å². The van der Waals surface area contributed by atoms with Crippen LogP contribution < -0.4 is 10.3 Å². The molecule has 1 aromatic carbocycles. The summed E-state index contributed by atoms with van der Waals surface area (Å²) in [6.45, 7) is 0. The van der Waals surface area contributed by atoms with Crippen LogP contribution in [0.3, 0.4) is 0 Å². The molecule has 6 heteroatoms. The van der Waals surface area contributed by atoms with E-state index in [-0.39, 0.29) is 5.56 Å². The molecule has 4 rings (SSSR count). The molecule has 0 saturated carbocycles. The molecular weight excluding hydrogens is 364 g/mol. The van der Waals surface area contributed by atoms with Gasteiger partial charge in [-0.1, -0.05) is 24.3 Å². The number of pyridine rings is 3. The summed E-state index contributed by atoms with van der Waals surface area (Å²) in [6.07, 6.45) is 6.58. The largest absolute Gasteiger partial charge is 0.495 e. The smallest absolute Gasteiger partial charge is 0.263 e. The SMILES string of the molecule is COc1cncc(-n2cc(-c3ccccn3)cc(-c3ccccc3C#N)c2=O)c1. The molecule has 140 valence electrons. The molecule has 0 radical (unpaired) electrons. The third-order valence-corrected chi connectivity index (χ3v) is 4.53. The summed E-state index contributed by atoms with van der Waals surface area (Å²) in [7, 11) is 1.54. The summed E-state index contributed by atoms with van der Waals surface area (Å²) in [5.74, 6) is 0.539. The lowest BCUT2D eigenvalue weighted by Crippen LogP contribution is -2.20. The number of nitriles is 1. The first-order valence-corrected chi connectivity index (χ1v) is 8.88. The second-order valence-corrected chi connectivity index (χ2v) is 6.27. The van der Waals surface area contributed by atoms with Crippen molar-refractivity contribution in [2.45, 2.75) is 0 Å². The van der Waals surface area contributed by atoms with E-state index in [0.29, 0.717) is 33.8 Å². The maximum atomic E-state index is 13.4. The second-order valence-electron chi connectivity index (χ2n) is 6.27. The Morgan fingerprint density at radius 1 is 1.03 bits per heavy atom. The standard InChI is InChI=1S/C23H16N4O2/c1-29-19-11-18(13-25-14-19)27-15-17(22-8-4-5-9-26-22)10-21(23(27)28)20-7-3-2-6-16(20)12-24/h2-11,13-15H,1H3. The number of methoxy groups -OCH3 is 1. The molecule has 0 aliphatic carbocycles. The molecule has 0 fully saturated rings. The van der Waals surface area contributed by atoms with Crippen molar-refractivity contribution in [1.29, 1.82) is 5.26 Å². The van der Waals surface area contributed by atoms with Crippen LogP contribution in [-0.4, -0.2) is 21.6 Å². The summed E-state index contributed by atoms with van der Waals surface area (Å²) < 4.78 is 6.75. The van der Waals surface area contributed by atoms with Crippen LogP contribution in [0.25, 0.3) is 28.1 Å². The Bertz CT molecular complexity index is 1270. The third-order valence-electron chi connectivity index (χ3n) is 4.53. The average Bonchev–Trinajstić information content (AvgIpc) is 2.80. The van der Waals surface area contributed by atoms with E-state index < -0.39 is 0 Å². The van der Waals surface area contributed by atoms with E-state index in [0.717, 1.165) is 5.56 Å². The van der Waals surface area contributed by atoms with E-state index in [1.165, 1.54) is 4.57 Å². The van der Waals surface area contributed by atoms with Gasteiger partial charge in [-0.2, -0.15) is 5.26 Å². The van der Waals surface area contributed by atoms with E-state index >= 15 is 0 Å². The molecule has 0 aliphatic rings. The van der Waals surface area contributed by atoms with Gasteiger partial charge < -0.3 is 4.74 Å². The van der Waals surface area contributed by atoms with Crippen LogP contribution in [0.1, 0.15) is 5.56 Å². The van der Waals surface area contributed by atoms with Crippen LogP contribution in [0.15, 0.2) is 84.2 Å². The third kappa shape index (κ3) is 3.49. The molecule has 3 aromatic heterocycles. The van der Waals surface area contributed by atoms with Crippen LogP contribution in [-0.2, 0) is 0 Å². The van der Waals surface area contributed by atoms with Gasteiger partial charge in [0, 0.05) is 35.2 Å². The highest BCUT2D eigenvalue weighted by Gasteiger charge is 2.15. The Kier molecular flexibility index (Phi) is 4.87. The van der Waals surface area contributed by atoms with Crippen LogP contribution in [0.2, 0.25) is 0 Å². The molecule has 4 aromatic rings. The van der Waals surface area contributed by atoms with Gasteiger partial charge in [-0.3, -0.25) is 19.3 Å². The van der Waals surface area contributed by atoms with Crippen molar-refractivity contribution in [3.05, 3.63) is 95.3 Å². The van der Waals surface area contributed by atoms with Gasteiger partial charge in [0.25, 0.3) is 5.56 Å². The van der Waals surface area contributed by atoms with Gasteiger partial charge >= 0.3 is 0 Å². The Hall–Kier alpha value is -4.24. The highest BCUT2D eigenvalue weighted by Crippen LogP contribution is 2.26. The first-order chi connectivity index (χ1) is 14.2. The van der Waals surface area contributed by atoms with Gasteiger partial charge in [-0.15, -0.1) is 0 Å². The van der Waals surface area contributed by atoms with Crippen molar-refractivity contribution < 1.29 is 4.74 Å². The fraction of sp³-hybridized carbons (Fsp3) is 0.0435. The van der Waals surface area contributed by atoms with E-state index in [4.69, 9.17) is 4.74 Å². The lowest BCUT2D eigenvalue weighted by atomic mass is 9.99. The second kappa shape index (κ2) is 7.79. The van der Waals surface area contributed by atoms with Gasteiger partial charge in [0.1, 0.15) is 5.75 Å². The highest BCUT2D eigenvalue weighted by atomic mass is 16.5. The molecule has 0 N–H and O–H groups in total. The summed E-state index contributed by atoms with van der Waals surface area (Å²) >= 11 is 0. The van der Waals surface area contributed by atoms with Crippen molar-refractivity contribution in [2.24, 2.45) is 0 Å². The normalized spacial score (nSPS) is 10.3. The predicted molar refractivity (Wildman–Crippen MR) is 110 cm³/mol. The van der Waals surface area contributed by atoms with E-state index in [2.05, 4.69) is 16.0 Å². The van der Waals surface area contributed by atoms with Gasteiger partial charge in [-0.05, 0) is 24.3 Å². The molecule has 29 heavy (non-hydrogen) atoms. The molecule has 0 amide bonds. The molecule has 0 spiro atoms. The number of aromatic nitrogens is 3. The van der Waals surface area contributed by atoms with Crippen molar-refractivity contribution in [3.8, 4) is 39.9 Å². The fourth-order valence-corrected chi connectivity index (χ4v) is 3.11. The maximum absolute atomic E-state index is 13.4. The van der Waals surface area contributed by atoms with Gasteiger partial charge in [0.15, 0.2) is 0 Å². The molecular formula is C23H16N4O2. The molecule has 0 unspecified atom stereocenters. The van der Waals surface area contributed by atoms with Crippen LogP contribution in [0, 0.1) is 11.3 Å². The Labute approximate surface area is 167 Å². The highest BCUT2D eigenvalue weighted by molar-refractivity contribution is 5.74. The van der Waals surface area contributed by atoms with Gasteiger partial charge in [0.05, 0.1) is 42.5 Å². The summed E-state index contributed by atoms with van der Waals surface area (Å²) in [5, 5.41) is 9.51. The molecule has 0 saturated heterocycles. The lowest BCUT2D eigenvalue weighted by Gasteiger charge is -2.13. The van der Waals surface area contributed by atoms with Crippen molar-refractivity contribution in [1.82, 2.24) is 14.5 Å². The van der Waals surface area contributed by atoms with Crippen LogP contribution in [0.4, 0.5) is 0 Å². The minimum Gasteiger partial charge on any atom is -0.495 e. The molecule has 6 nitrogen and oxygen atoms in total. The first kappa shape index (κ1) is 18.1. The number of benzene rings is 1. The van der Waals surface area contributed by atoms with Gasteiger partial charge in [-0.25, -0.2) is 0 Å². The predicted octanol–water partition coefficient (Wildman–Crippen LogP) is 3.84. The summed E-state index contributed by atoms with van der Waals surface area (Å²) in [4.78, 5) is 21.9. The molecule has 0 aliphatic heterocycles. The number of rotatable bonds is 4.